The van der Waals surface area contributed by atoms with E-state index in [1.807, 2.05) is 0 Å². The second-order valence-corrected chi connectivity index (χ2v) is 5.93. The van der Waals surface area contributed by atoms with Crippen molar-refractivity contribution in [1.29, 1.82) is 0 Å². The SMILES string of the molecule is Cc1nc(C)c(CC(=O)N[C@H]2CCC[C@@H](C)C2)c(=O)[nH]1. The van der Waals surface area contributed by atoms with Gasteiger partial charge in [-0.1, -0.05) is 19.8 Å². The Morgan fingerprint density at radius 1 is 1.40 bits per heavy atom. The van der Waals surface area contributed by atoms with E-state index in [9.17, 15) is 9.59 Å². The highest BCUT2D eigenvalue weighted by molar-refractivity contribution is 5.79. The molecule has 1 aliphatic rings. The predicted octanol–water partition coefficient (Wildman–Crippen LogP) is 1.62. The smallest absolute Gasteiger partial charge is 0.254 e. The zero-order valence-corrected chi connectivity index (χ0v) is 12.5. The molecular weight excluding hydrogens is 254 g/mol. The molecule has 2 rings (SSSR count). The van der Waals surface area contributed by atoms with E-state index in [1.165, 1.54) is 6.42 Å². The largest absolute Gasteiger partial charge is 0.353 e. The van der Waals surface area contributed by atoms with Gasteiger partial charge in [-0.2, -0.15) is 0 Å². The number of carbonyl (C=O) groups is 1. The monoisotopic (exact) mass is 277 g/mol. The van der Waals surface area contributed by atoms with Crippen LogP contribution in [0.1, 0.15) is 49.7 Å². The van der Waals surface area contributed by atoms with Crippen molar-refractivity contribution in [3.05, 3.63) is 27.4 Å². The maximum atomic E-state index is 12.1. The molecule has 1 aromatic heterocycles. The second kappa shape index (κ2) is 6.20. The van der Waals surface area contributed by atoms with E-state index in [0.29, 0.717) is 23.0 Å². The Morgan fingerprint density at radius 2 is 2.15 bits per heavy atom. The number of nitrogens with zero attached hydrogens (tertiary/aromatic N) is 1. The molecule has 2 atom stereocenters. The number of amides is 1. The molecule has 0 saturated heterocycles. The van der Waals surface area contributed by atoms with Gasteiger partial charge in [-0.3, -0.25) is 9.59 Å². The minimum Gasteiger partial charge on any atom is -0.353 e. The predicted molar refractivity (Wildman–Crippen MR) is 77.6 cm³/mol. The first-order chi connectivity index (χ1) is 9.45. The number of nitrogens with one attached hydrogen (secondary N) is 2. The summed E-state index contributed by atoms with van der Waals surface area (Å²) in [6.45, 7) is 5.73. The highest BCUT2D eigenvalue weighted by Gasteiger charge is 2.21. The molecule has 0 aliphatic heterocycles. The first-order valence-electron chi connectivity index (χ1n) is 7.31. The minimum absolute atomic E-state index is 0.0802. The molecule has 1 amide bonds. The van der Waals surface area contributed by atoms with Gasteiger partial charge in [0.15, 0.2) is 0 Å². The summed E-state index contributed by atoms with van der Waals surface area (Å²) in [7, 11) is 0. The Bertz CT molecular complexity index is 551. The van der Waals surface area contributed by atoms with Crippen LogP contribution in [-0.2, 0) is 11.2 Å². The molecule has 1 fully saturated rings. The molecular formula is C15H23N3O2. The van der Waals surface area contributed by atoms with Gasteiger partial charge >= 0.3 is 0 Å². The van der Waals surface area contributed by atoms with Gasteiger partial charge in [0.2, 0.25) is 5.91 Å². The molecule has 1 aliphatic carbocycles. The van der Waals surface area contributed by atoms with Gasteiger partial charge in [0.05, 0.1) is 6.42 Å². The number of aromatic amines is 1. The molecule has 1 saturated carbocycles. The fourth-order valence-corrected chi connectivity index (χ4v) is 2.96. The minimum atomic E-state index is -0.206. The third kappa shape index (κ3) is 3.68. The molecule has 0 bridgehead atoms. The van der Waals surface area contributed by atoms with Crippen LogP contribution in [0.25, 0.3) is 0 Å². The number of hydrogen-bond donors (Lipinski definition) is 2. The summed E-state index contributed by atoms with van der Waals surface area (Å²) in [6, 6.07) is 0.254. The second-order valence-electron chi connectivity index (χ2n) is 5.93. The van der Waals surface area contributed by atoms with Gasteiger partial charge in [0.25, 0.3) is 5.56 Å². The zero-order chi connectivity index (χ0) is 14.7. The lowest BCUT2D eigenvalue weighted by molar-refractivity contribution is -0.121. The summed E-state index contributed by atoms with van der Waals surface area (Å²) < 4.78 is 0. The van der Waals surface area contributed by atoms with E-state index in [0.717, 1.165) is 19.3 Å². The van der Waals surface area contributed by atoms with Crippen molar-refractivity contribution in [1.82, 2.24) is 15.3 Å². The fraction of sp³-hybridized carbons (Fsp3) is 0.667. The van der Waals surface area contributed by atoms with Gasteiger partial charge in [-0.15, -0.1) is 0 Å². The van der Waals surface area contributed by atoms with E-state index in [4.69, 9.17) is 0 Å². The van der Waals surface area contributed by atoms with Gasteiger partial charge in [0.1, 0.15) is 5.82 Å². The Balaban J connectivity index is 2.00. The third-order valence-electron chi connectivity index (χ3n) is 3.98. The van der Waals surface area contributed by atoms with Crippen LogP contribution in [0.15, 0.2) is 4.79 Å². The Morgan fingerprint density at radius 3 is 2.80 bits per heavy atom. The molecule has 0 aromatic carbocycles. The molecule has 0 radical (unpaired) electrons. The standard InChI is InChI=1S/C15H23N3O2/c1-9-5-4-6-12(7-9)18-14(19)8-13-10(2)16-11(3)17-15(13)20/h9,12H,4-8H2,1-3H3,(H,18,19)(H,16,17,20)/t9-,12+/m1/s1. The van der Waals surface area contributed by atoms with Crippen molar-refractivity contribution in [2.75, 3.05) is 0 Å². The number of rotatable bonds is 3. The number of aromatic nitrogens is 2. The van der Waals surface area contributed by atoms with Crippen molar-refractivity contribution in [2.24, 2.45) is 5.92 Å². The van der Waals surface area contributed by atoms with E-state index in [1.54, 1.807) is 13.8 Å². The van der Waals surface area contributed by atoms with Gasteiger partial charge in [-0.05, 0) is 32.6 Å². The number of H-pyrrole nitrogens is 1. The quantitative estimate of drug-likeness (QED) is 0.881. The van der Waals surface area contributed by atoms with Crippen LogP contribution in [0, 0.1) is 19.8 Å². The molecule has 5 heteroatoms. The van der Waals surface area contributed by atoms with Gasteiger partial charge in [0, 0.05) is 17.3 Å². The molecule has 20 heavy (non-hydrogen) atoms. The summed E-state index contributed by atoms with van der Waals surface area (Å²) in [5.74, 6) is 1.17. The van der Waals surface area contributed by atoms with Crippen molar-refractivity contribution in [2.45, 2.75) is 58.9 Å². The fourth-order valence-electron chi connectivity index (χ4n) is 2.96. The van der Waals surface area contributed by atoms with E-state index in [-0.39, 0.29) is 23.9 Å². The summed E-state index contributed by atoms with van der Waals surface area (Å²) in [4.78, 5) is 30.8. The van der Waals surface area contributed by atoms with Crippen LogP contribution in [0.5, 0.6) is 0 Å². The molecule has 110 valence electrons. The normalized spacial score (nSPS) is 22.6. The Kier molecular flexibility index (Phi) is 4.57. The first kappa shape index (κ1) is 14.8. The van der Waals surface area contributed by atoms with Crippen LogP contribution in [0.3, 0.4) is 0 Å². The summed E-state index contributed by atoms with van der Waals surface area (Å²) in [6.07, 6.45) is 4.59. The molecule has 5 nitrogen and oxygen atoms in total. The summed E-state index contributed by atoms with van der Waals surface area (Å²) in [5.41, 5.74) is 0.900. The van der Waals surface area contributed by atoms with E-state index < -0.39 is 0 Å². The Hall–Kier alpha value is -1.65. The van der Waals surface area contributed by atoms with E-state index >= 15 is 0 Å². The van der Waals surface area contributed by atoms with Crippen molar-refractivity contribution >= 4 is 5.91 Å². The molecule has 0 unspecified atom stereocenters. The summed E-state index contributed by atoms with van der Waals surface area (Å²) in [5, 5.41) is 3.05. The molecule has 1 aromatic rings. The number of carbonyl (C=O) groups excluding carboxylic acids is 1. The van der Waals surface area contributed by atoms with Crippen molar-refractivity contribution in [3.8, 4) is 0 Å². The topological polar surface area (TPSA) is 74.8 Å². The summed E-state index contributed by atoms with van der Waals surface area (Å²) >= 11 is 0. The lowest BCUT2D eigenvalue weighted by Gasteiger charge is -2.27. The maximum absolute atomic E-state index is 12.1. The molecule has 0 spiro atoms. The lowest BCUT2D eigenvalue weighted by Crippen LogP contribution is -2.39. The first-order valence-corrected chi connectivity index (χ1v) is 7.31. The Labute approximate surface area is 119 Å². The molecule has 1 heterocycles. The highest BCUT2D eigenvalue weighted by Crippen LogP contribution is 2.23. The van der Waals surface area contributed by atoms with Crippen LogP contribution in [0.4, 0.5) is 0 Å². The average Bonchev–Trinajstić information content (AvgIpc) is 2.33. The van der Waals surface area contributed by atoms with Gasteiger partial charge in [-0.25, -0.2) is 4.98 Å². The van der Waals surface area contributed by atoms with Crippen LogP contribution in [0.2, 0.25) is 0 Å². The number of aryl methyl sites for hydroxylation is 2. The lowest BCUT2D eigenvalue weighted by atomic mass is 9.87. The van der Waals surface area contributed by atoms with E-state index in [2.05, 4.69) is 22.2 Å². The van der Waals surface area contributed by atoms with Gasteiger partial charge < -0.3 is 10.3 Å². The van der Waals surface area contributed by atoms with Crippen molar-refractivity contribution < 1.29 is 4.79 Å². The maximum Gasteiger partial charge on any atom is 0.254 e. The average molecular weight is 277 g/mol. The highest BCUT2D eigenvalue weighted by atomic mass is 16.2. The number of hydrogen-bond acceptors (Lipinski definition) is 3. The van der Waals surface area contributed by atoms with Crippen LogP contribution < -0.4 is 10.9 Å². The van der Waals surface area contributed by atoms with Crippen molar-refractivity contribution in [3.63, 3.8) is 0 Å². The van der Waals surface area contributed by atoms with Crippen LogP contribution >= 0.6 is 0 Å². The zero-order valence-electron chi connectivity index (χ0n) is 12.5. The van der Waals surface area contributed by atoms with Crippen LogP contribution in [-0.4, -0.2) is 21.9 Å². The molecule has 2 N–H and O–H groups in total. The third-order valence-corrected chi connectivity index (χ3v) is 3.98.